The molecule has 0 radical (unpaired) electrons. The second kappa shape index (κ2) is 7.12. The first-order valence-corrected chi connectivity index (χ1v) is 5.96. The lowest BCUT2D eigenvalue weighted by Gasteiger charge is -2.16. The smallest absolute Gasteiger partial charge is 0.220 e. The standard InChI is InChI=1S/C10H21NO2S/c1-10(2,3)14-8-4-5-9(13)11-6-7-12/h12H,4-8H2,1-3H3,(H,11,13). The van der Waals surface area contributed by atoms with Crippen LogP contribution in [0.4, 0.5) is 0 Å². The average Bonchev–Trinajstić information content (AvgIpc) is 2.07. The lowest BCUT2D eigenvalue weighted by Crippen LogP contribution is -2.26. The van der Waals surface area contributed by atoms with Gasteiger partial charge in [-0.05, 0) is 12.2 Å². The number of carbonyl (C=O) groups excluding carboxylic acids is 1. The molecule has 0 aromatic rings. The van der Waals surface area contributed by atoms with E-state index in [1.807, 2.05) is 11.8 Å². The second-order valence-corrected chi connectivity index (χ2v) is 6.06. The number of aliphatic hydroxyl groups is 1. The van der Waals surface area contributed by atoms with Crippen LogP contribution in [0.15, 0.2) is 0 Å². The molecule has 0 unspecified atom stereocenters. The van der Waals surface area contributed by atoms with Crippen molar-refractivity contribution in [3.8, 4) is 0 Å². The Hall–Kier alpha value is -0.220. The molecule has 0 aliphatic rings. The van der Waals surface area contributed by atoms with Gasteiger partial charge in [-0.3, -0.25) is 4.79 Å². The van der Waals surface area contributed by atoms with E-state index >= 15 is 0 Å². The zero-order valence-electron chi connectivity index (χ0n) is 9.30. The largest absolute Gasteiger partial charge is 0.395 e. The van der Waals surface area contributed by atoms with Gasteiger partial charge < -0.3 is 10.4 Å². The molecule has 14 heavy (non-hydrogen) atoms. The average molecular weight is 219 g/mol. The molecule has 0 saturated carbocycles. The van der Waals surface area contributed by atoms with Gasteiger partial charge in [0, 0.05) is 17.7 Å². The van der Waals surface area contributed by atoms with Crippen LogP contribution in [-0.2, 0) is 4.79 Å². The van der Waals surface area contributed by atoms with Gasteiger partial charge in [-0.25, -0.2) is 0 Å². The van der Waals surface area contributed by atoms with Crippen LogP contribution in [0.25, 0.3) is 0 Å². The van der Waals surface area contributed by atoms with Gasteiger partial charge in [-0.2, -0.15) is 11.8 Å². The van der Waals surface area contributed by atoms with Crippen LogP contribution in [0.5, 0.6) is 0 Å². The Labute approximate surface area is 90.7 Å². The summed E-state index contributed by atoms with van der Waals surface area (Å²) in [5.74, 6) is 1.05. The Morgan fingerprint density at radius 3 is 2.57 bits per heavy atom. The van der Waals surface area contributed by atoms with E-state index in [0.29, 0.717) is 13.0 Å². The molecule has 1 amide bonds. The van der Waals surface area contributed by atoms with Crippen LogP contribution in [0.1, 0.15) is 33.6 Å². The van der Waals surface area contributed by atoms with E-state index in [4.69, 9.17) is 5.11 Å². The van der Waals surface area contributed by atoms with Crippen LogP contribution >= 0.6 is 11.8 Å². The highest BCUT2D eigenvalue weighted by Gasteiger charge is 2.10. The van der Waals surface area contributed by atoms with Gasteiger partial charge in [0.05, 0.1) is 6.61 Å². The Kier molecular flexibility index (Phi) is 7.01. The van der Waals surface area contributed by atoms with Crippen molar-refractivity contribution in [2.45, 2.75) is 38.4 Å². The summed E-state index contributed by atoms with van der Waals surface area (Å²) in [7, 11) is 0. The molecule has 3 nitrogen and oxygen atoms in total. The minimum atomic E-state index is 0.0164. The number of carbonyl (C=O) groups is 1. The number of hydrogen-bond donors (Lipinski definition) is 2. The third-order valence-corrected chi connectivity index (χ3v) is 2.88. The molecule has 0 aliphatic carbocycles. The number of amides is 1. The summed E-state index contributed by atoms with van der Waals surface area (Å²) < 4.78 is 0.279. The summed E-state index contributed by atoms with van der Waals surface area (Å²) in [5, 5.41) is 11.1. The molecular formula is C10H21NO2S. The molecule has 0 aliphatic heterocycles. The van der Waals surface area contributed by atoms with Gasteiger partial charge in [-0.1, -0.05) is 20.8 Å². The number of nitrogens with one attached hydrogen (secondary N) is 1. The maximum Gasteiger partial charge on any atom is 0.220 e. The van der Waals surface area contributed by atoms with Crippen LogP contribution < -0.4 is 5.32 Å². The van der Waals surface area contributed by atoms with Gasteiger partial charge in [0.1, 0.15) is 0 Å². The van der Waals surface area contributed by atoms with Crippen molar-refractivity contribution in [2.24, 2.45) is 0 Å². The first kappa shape index (κ1) is 13.8. The molecule has 0 bridgehead atoms. The van der Waals surface area contributed by atoms with E-state index in [0.717, 1.165) is 12.2 Å². The Bertz CT molecular complexity index is 166. The highest BCUT2D eigenvalue weighted by atomic mass is 32.2. The van der Waals surface area contributed by atoms with E-state index in [9.17, 15) is 4.79 Å². The predicted molar refractivity (Wildman–Crippen MR) is 61.5 cm³/mol. The maximum atomic E-state index is 11.1. The van der Waals surface area contributed by atoms with Crippen LogP contribution in [0.3, 0.4) is 0 Å². The van der Waals surface area contributed by atoms with Crippen molar-refractivity contribution in [3.63, 3.8) is 0 Å². The number of aliphatic hydroxyl groups excluding tert-OH is 1. The summed E-state index contributed by atoms with van der Waals surface area (Å²) in [6.07, 6.45) is 1.46. The van der Waals surface area contributed by atoms with E-state index in [1.54, 1.807) is 0 Å². The van der Waals surface area contributed by atoms with E-state index in [1.165, 1.54) is 0 Å². The van der Waals surface area contributed by atoms with Crippen LogP contribution in [0, 0.1) is 0 Å². The fraction of sp³-hybridized carbons (Fsp3) is 0.900. The quantitative estimate of drug-likeness (QED) is 0.664. The minimum absolute atomic E-state index is 0.0164. The molecule has 0 saturated heterocycles. The topological polar surface area (TPSA) is 49.3 Å². The SMILES string of the molecule is CC(C)(C)SCCCC(=O)NCCO. The molecule has 0 spiro atoms. The number of hydrogen-bond acceptors (Lipinski definition) is 3. The van der Waals surface area contributed by atoms with Gasteiger partial charge in [0.15, 0.2) is 0 Å². The Morgan fingerprint density at radius 1 is 1.43 bits per heavy atom. The van der Waals surface area contributed by atoms with E-state index < -0.39 is 0 Å². The zero-order chi connectivity index (χ0) is 11.0. The highest BCUT2D eigenvalue weighted by molar-refractivity contribution is 8.00. The summed E-state index contributed by atoms with van der Waals surface area (Å²) >= 11 is 1.87. The molecular weight excluding hydrogens is 198 g/mol. The fourth-order valence-corrected chi connectivity index (χ4v) is 1.80. The van der Waals surface area contributed by atoms with Crippen LogP contribution in [-0.4, -0.2) is 34.7 Å². The Morgan fingerprint density at radius 2 is 2.07 bits per heavy atom. The fourth-order valence-electron chi connectivity index (χ4n) is 0.895. The molecule has 0 fully saturated rings. The molecule has 0 heterocycles. The third-order valence-electron chi connectivity index (χ3n) is 1.52. The number of rotatable bonds is 6. The van der Waals surface area contributed by atoms with Gasteiger partial charge in [0.2, 0.25) is 5.91 Å². The van der Waals surface area contributed by atoms with Crippen molar-refractivity contribution in [1.82, 2.24) is 5.32 Å². The molecule has 0 aromatic heterocycles. The monoisotopic (exact) mass is 219 g/mol. The van der Waals surface area contributed by atoms with Crippen molar-refractivity contribution in [3.05, 3.63) is 0 Å². The van der Waals surface area contributed by atoms with Crippen molar-refractivity contribution >= 4 is 17.7 Å². The second-order valence-electron chi connectivity index (χ2n) is 4.14. The molecule has 0 atom stereocenters. The predicted octanol–water partition coefficient (Wildman–Crippen LogP) is 1.41. The first-order valence-electron chi connectivity index (χ1n) is 4.97. The zero-order valence-corrected chi connectivity index (χ0v) is 10.1. The molecule has 2 N–H and O–H groups in total. The van der Waals surface area contributed by atoms with Gasteiger partial charge >= 0.3 is 0 Å². The summed E-state index contributed by atoms with van der Waals surface area (Å²) in [6.45, 7) is 6.89. The first-order chi connectivity index (χ1) is 6.45. The molecule has 0 aromatic carbocycles. The molecule has 0 rings (SSSR count). The maximum absolute atomic E-state index is 11.1. The lowest BCUT2D eigenvalue weighted by atomic mass is 10.3. The van der Waals surface area contributed by atoms with Crippen molar-refractivity contribution < 1.29 is 9.90 Å². The van der Waals surface area contributed by atoms with E-state index in [2.05, 4.69) is 26.1 Å². The van der Waals surface area contributed by atoms with Gasteiger partial charge in [0.25, 0.3) is 0 Å². The van der Waals surface area contributed by atoms with Gasteiger partial charge in [-0.15, -0.1) is 0 Å². The molecule has 84 valence electrons. The van der Waals surface area contributed by atoms with Crippen molar-refractivity contribution in [1.29, 1.82) is 0 Å². The molecule has 4 heteroatoms. The van der Waals surface area contributed by atoms with Crippen molar-refractivity contribution in [2.75, 3.05) is 18.9 Å². The minimum Gasteiger partial charge on any atom is -0.395 e. The highest BCUT2D eigenvalue weighted by Crippen LogP contribution is 2.23. The van der Waals surface area contributed by atoms with Crippen LogP contribution in [0.2, 0.25) is 0 Å². The summed E-state index contributed by atoms with van der Waals surface area (Å²) in [4.78, 5) is 11.1. The normalized spacial score (nSPS) is 11.4. The third kappa shape index (κ3) is 9.86. The summed E-state index contributed by atoms with van der Waals surface area (Å²) in [6, 6.07) is 0. The van der Waals surface area contributed by atoms with E-state index in [-0.39, 0.29) is 17.3 Å². The summed E-state index contributed by atoms with van der Waals surface area (Å²) in [5.41, 5.74) is 0. The lowest BCUT2D eigenvalue weighted by molar-refractivity contribution is -0.121. The Balaban J connectivity index is 3.32. The number of thioether (sulfide) groups is 1.